The van der Waals surface area contributed by atoms with E-state index in [1.54, 1.807) is 59.3 Å². The number of benzene rings is 3. The molecule has 40 heavy (non-hydrogen) atoms. The summed E-state index contributed by atoms with van der Waals surface area (Å²) >= 11 is 0. The summed E-state index contributed by atoms with van der Waals surface area (Å²) in [5.41, 5.74) is 9.25. The Morgan fingerprint density at radius 3 is 2.45 bits per heavy atom. The monoisotopic (exact) mass is 542 g/mol. The Bertz CT molecular complexity index is 1730. The number of aryl methyl sites for hydroxylation is 1. The van der Waals surface area contributed by atoms with E-state index in [0.29, 0.717) is 38.9 Å². The largest absolute Gasteiger partial charge is 0.366 e. The summed E-state index contributed by atoms with van der Waals surface area (Å²) in [6.07, 6.45) is 1.59. The first kappa shape index (κ1) is 26.7. The van der Waals surface area contributed by atoms with Crippen molar-refractivity contribution in [2.45, 2.75) is 25.9 Å². The first-order valence-corrected chi connectivity index (χ1v) is 12.5. The van der Waals surface area contributed by atoms with Crippen LogP contribution in [0.15, 0.2) is 85.1 Å². The van der Waals surface area contributed by atoms with E-state index in [0.717, 1.165) is 11.8 Å². The Hall–Kier alpha value is -4.92. The molecule has 0 fully saturated rings. The van der Waals surface area contributed by atoms with E-state index < -0.39 is 23.6 Å². The second-order valence-electron chi connectivity index (χ2n) is 9.56. The molecule has 1 atom stereocenters. The lowest BCUT2D eigenvalue weighted by atomic mass is 9.94. The van der Waals surface area contributed by atoms with Crippen molar-refractivity contribution in [3.8, 4) is 11.1 Å². The average Bonchev–Trinajstić information content (AvgIpc) is 3.21. The summed E-state index contributed by atoms with van der Waals surface area (Å²) in [6.45, 7) is 1.75. The number of pyridine rings is 1. The molecule has 3 N–H and O–H groups in total. The molecule has 9 heteroatoms. The molecule has 0 aliphatic rings. The highest BCUT2D eigenvalue weighted by Gasteiger charge is 2.22. The number of carbonyl (C=O) groups is 2. The van der Waals surface area contributed by atoms with E-state index in [9.17, 15) is 22.8 Å². The van der Waals surface area contributed by atoms with E-state index in [-0.39, 0.29) is 24.7 Å². The molecule has 2 amide bonds. The summed E-state index contributed by atoms with van der Waals surface area (Å²) in [7, 11) is 0. The van der Waals surface area contributed by atoms with Gasteiger partial charge in [0.25, 0.3) is 0 Å². The normalized spacial score (nSPS) is 11.9. The zero-order valence-electron chi connectivity index (χ0n) is 21.5. The van der Waals surface area contributed by atoms with Crippen molar-refractivity contribution in [1.82, 2.24) is 14.9 Å². The van der Waals surface area contributed by atoms with Crippen molar-refractivity contribution >= 4 is 22.7 Å². The Morgan fingerprint density at radius 1 is 0.925 bits per heavy atom. The fourth-order valence-corrected chi connectivity index (χ4v) is 4.93. The Kier molecular flexibility index (Phi) is 7.37. The van der Waals surface area contributed by atoms with Crippen LogP contribution in [0.1, 0.15) is 33.4 Å². The SMILES string of the molecule is Cc1cc2cc(F)ccc2n1CC(=O)NC(Cc1cc(F)cc(F)c1)c1ncccc1-c1cccc(C(N)=O)c1. The maximum absolute atomic E-state index is 14.1. The van der Waals surface area contributed by atoms with E-state index >= 15 is 0 Å². The summed E-state index contributed by atoms with van der Waals surface area (Å²) < 4.78 is 43.6. The van der Waals surface area contributed by atoms with Gasteiger partial charge in [0.15, 0.2) is 0 Å². The third-order valence-corrected chi connectivity index (χ3v) is 6.70. The summed E-state index contributed by atoms with van der Waals surface area (Å²) in [5, 5.41) is 3.64. The Balaban J connectivity index is 1.53. The number of fused-ring (bicyclic) bond motifs is 1. The number of nitrogens with one attached hydrogen (secondary N) is 1. The third kappa shape index (κ3) is 5.73. The van der Waals surface area contributed by atoms with Crippen molar-refractivity contribution in [1.29, 1.82) is 0 Å². The molecular weight excluding hydrogens is 517 g/mol. The fraction of sp³-hybridized carbons (Fsp3) is 0.129. The molecule has 0 aliphatic carbocycles. The molecule has 0 aliphatic heterocycles. The maximum Gasteiger partial charge on any atom is 0.248 e. The highest BCUT2D eigenvalue weighted by atomic mass is 19.1. The van der Waals surface area contributed by atoms with Crippen LogP contribution in [0, 0.1) is 24.4 Å². The topological polar surface area (TPSA) is 90.0 Å². The van der Waals surface area contributed by atoms with Crippen LogP contribution in [-0.2, 0) is 17.8 Å². The molecule has 0 spiro atoms. The molecular formula is C31H25F3N4O2. The summed E-state index contributed by atoms with van der Waals surface area (Å²) in [4.78, 5) is 29.8. The van der Waals surface area contributed by atoms with Crippen LogP contribution in [-0.4, -0.2) is 21.4 Å². The number of carbonyl (C=O) groups excluding carboxylic acids is 2. The van der Waals surface area contributed by atoms with Crippen molar-refractivity contribution in [3.05, 3.63) is 125 Å². The molecule has 202 valence electrons. The van der Waals surface area contributed by atoms with Crippen LogP contribution in [0.25, 0.3) is 22.0 Å². The molecule has 1 unspecified atom stereocenters. The van der Waals surface area contributed by atoms with Crippen LogP contribution in [0.2, 0.25) is 0 Å². The van der Waals surface area contributed by atoms with Crippen LogP contribution in [0.5, 0.6) is 0 Å². The van der Waals surface area contributed by atoms with E-state index in [1.807, 2.05) is 6.92 Å². The van der Waals surface area contributed by atoms with Crippen molar-refractivity contribution in [2.24, 2.45) is 5.73 Å². The van der Waals surface area contributed by atoms with Crippen LogP contribution < -0.4 is 11.1 Å². The van der Waals surface area contributed by atoms with Gasteiger partial charge in [-0.1, -0.05) is 18.2 Å². The summed E-state index contributed by atoms with van der Waals surface area (Å²) in [6, 6.07) is 18.7. The average molecular weight is 543 g/mol. The van der Waals surface area contributed by atoms with Crippen molar-refractivity contribution in [2.75, 3.05) is 0 Å². The minimum absolute atomic E-state index is 0.0383. The predicted molar refractivity (Wildman–Crippen MR) is 146 cm³/mol. The molecule has 5 aromatic rings. The Labute approximate surface area is 228 Å². The van der Waals surface area contributed by atoms with Crippen LogP contribution >= 0.6 is 0 Å². The van der Waals surface area contributed by atoms with Gasteiger partial charge in [0.05, 0.1) is 11.7 Å². The second kappa shape index (κ2) is 11.1. The highest BCUT2D eigenvalue weighted by molar-refractivity contribution is 5.94. The number of hydrogen-bond acceptors (Lipinski definition) is 3. The number of rotatable bonds is 8. The van der Waals surface area contributed by atoms with Gasteiger partial charge in [-0.05, 0) is 79.1 Å². The number of halogens is 3. The van der Waals surface area contributed by atoms with E-state index in [2.05, 4.69) is 10.3 Å². The number of aromatic nitrogens is 2. The van der Waals surface area contributed by atoms with E-state index in [1.165, 1.54) is 24.3 Å². The molecule has 3 aromatic carbocycles. The van der Waals surface area contributed by atoms with Gasteiger partial charge in [-0.15, -0.1) is 0 Å². The van der Waals surface area contributed by atoms with E-state index in [4.69, 9.17) is 5.73 Å². The van der Waals surface area contributed by atoms with Gasteiger partial charge in [0, 0.05) is 40.0 Å². The first-order chi connectivity index (χ1) is 19.2. The number of amides is 2. The van der Waals surface area contributed by atoms with Gasteiger partial charge in [0.1, 0.15) is 24.0 Å². The summed E-state index contributed by atoms with van der Waals surface area (Å²) in [5.74, 6) is -2.83. The van der Waals surface area contributed by atoms with Gasteiger partial charge >= 0.3 is 0 Å². The zero-order chi connectivity index (χ0) is 28.4. The molecule has 0 saturated carbocycles. The highest BCUT2D eigenvalue weighted by Crippen LogP contribution is 2.30. The molecule has 2 heterocycles. The van der Waals surface area contributed by atoms with Crippen molar-refractivity contribution < 1.29 is 22.8 Å². The van der Waals surface area contributed by atoms with Crippen LogP contribution in [0.3, 0.4) is 0 Å². The predicted octanol–water partition coefficient (Wildman–Crippen LogP) is 5.63. The third-order valence-electron chi connectivity index (χ3n) is 6.70. The molecule has 0 radical (unpaired) electrons. The fourth-order valence-electron chi connectivity index (χ4n) is 4.93. The number of primary amides is 1. The molecule has 5 rings (SSSR count). The van der Waals surface area contributed by atoms with Gasteiger partial charge in [-0.3, -0.25) is 14.6 Å². The molecule has 2 aromatic heterocycles. The van der Waals surface area contributed by atoms with Crippen molar-refractivity contribution in [3.63, 3.8) is 0 Å². The van der Waals surface area contributed by atoms with Crippen LogP contribution in [0.4, 0.5) is 13.2 Å². The first-order valence-electron chi connectivity index (χ1n) is 12.5. The minimum Gasteiger partial charge on any atom is -0.366 e. The number of nitrogens with zero attached hydrogens (tertiary/aromatic N) is 2. The Morgan fingerprint density at radius 2 is 1.70 bits per heavy atom. The van der Waals surface area contributed by atoms with Gasteiger partial charge in [-0.25, -0.2) is 13.2 Å². The quantitative estimate of drug-likeness (QED) is 0.266. The maximum atomic E-state index is 14.1. The van der Waals surface area contributed by atoms with Gasteiger partial charge in [0.2, 0.25) is 11.8 Å². The zero-order valence-corrected chi connectivity index (χ0v) is 21.5. The minimum atomic E-state index is -0.790. The lowest BCUT2D eigenvalue weighted by Crippen LogP contribution is -2.33. The number of nitrogens with two attached hydrogens (primary N) is 1. The lowest BCUT2D eigenvalue weighted by Gasteiger charge is -2.22. The molecule has 0 bridgehead atoms. The van der Waals surface area contributed by atoms with Gasteiger partial charge < -0.3 is 15.6 Å². The molecule has 0 saturated heterocycles. The smallest absolute Gasteiger partial charge is 0.248 e. The second-order valence-corrected chi connectivity index (χ2v) is 9.56. The standard InChI is InChI=1S/C31H25F3N4O2/c1-18-10-22-15-23(32)7-8-28(22)38(18)17-29(39)37-27(13-19-11-24(33)16-25(34)12-19)30-26(6-3-9-36-30)20-4-2-5-21(14-20)31(35)40/h2-12,14-16,27H,13,17H2,1H3,(H2,35,40)(H,37,39). The van der Waals surface area contributed by atoms with Gasteiger partial charge in [-0.2, -0.15) is 0 Å². The lowest BCUT2D eigenvalue weighted by molar-refractivity contribution is -0.122. The number of hydrogen-bond donors (Lipinski definition) is 2. The molecule has 6 nitrogen and oxygen atoms in total.